The van der Waals surface area contributed by atoms with Gasteiger partial charge in [0.1, 0.15) is 5.82 Å². The predicted molar refractivity (Wildman–Crippen MR) is 128 cm³/mol. The van der Waals surface area contributed by atoms with E-state index in [1.165, 1.54) is 16.8 Å². The molecule has 0 aliphatic carbocycles. The van der Waals surface area contributed by atoms with E-state index in [0.717, 1.165) is 70.0 Å². The van der Waals surface area contributed by atoms with Gasteiger partial charge in [-0.15, -0.1) is 0 Å². The van der Waals surface area contributed by atoms with E-state index in [9.17, 15) is 4.79 Å². The van der Waals surface area contributed by atoms with Gasteiger partial charge in [-0.2, -0.15) is 0 Å². The lowest BCUT2D eigenvalue weighted by atomic mass is 9.96. The van der Waals surface area contributed by atoms with Crippen molar-refractivity contribution in [3.63, 3.8) is 0 Å². The summed E-state index contributed by atoms with van der Waals surface area (Å²) in [6.07, 6.45) is 4.82. The normalized spacial score (nSPS) is 19.4. The fourth-order valence-corrected chi connectivity index (χ4v) is 5.02. The van der Waals surface area contributed by atoms with E-state index in [1.807, 2.05) is 12.3 Å². The first-order valence-corrected chi connectivity index (χ1v) is 11.8. The second-order valence-electron chi connectivity index (χ2n) is 9.05. The summed E-state index contributed by atoms with van der Waals surface area (Å²) in [5, 5.41) is 0. The maximum Gasteiger partial charge on any atom is 0.250 e. The van der Waals surface area contributed by atoms with Crippen molar-refractivity contribution >= 4 is 16.7 Å². The van der Waals surface area contributed by atoms with Gasteiger partial charge in [-0.3, -0.25) is 9.69 Å². The van der Waals surface area contributed by atoms with E-state index in [2.05, 4.69) is 40.5 Å². The van der Waals surface area contributed by atoms with Crippen LogP contribution in [-0.4, -0.2) is 65.0 Å². The van der Waals surface area contributed by atoms with Gasteiger partial charge in [0, 0.05) is 75.7 Å². The Balaban J connectivity index is 1.49. The molecule has 5 rings (SSSR count). The Morgan fingerprint density at radius 3 is 2.75 bits per heavy atom. The highest BCUT2D eigenvalue weighted by molar-refractivity contribution is 5.86. The zero-order chi connectivity index (χ0) is 22.1. The molecular weight excluding hydrogens is 402 g/mol. The number of hydrogen-bond acceptors (Lipinski definition) is 5. The molecule has 7 nitrogen and oxygen atoms in total. The number of anilines is 1. The Kier molecular flexibility index (Phi) is 6.02. The number of fused-ring (bicyclic) bond motifs is 3. The molecule has 3 aromatic rings. The molecule has 2 aromatic heterocycles. The van der Waals surface area contributed by atoms with Crippen molar-refractivity contribution in [3.05, 3.63) is 58.3 Å². The Morgan fingerprint density at radius 2 is 1.94 bits per heavy atom. The molecule has 7 heteroatoms. The summed E-state index contributed by atoms with van der Waals surface area (Å²) in [4.78, 5) is 22.2. The smallest absolute Gasteiger partial charge is 0.250 e. The molecule has 1 aromatic carbocycles. The van der Waals surface area contributed by atoms with Gasteiger partial charge in [0.15, 0.2) is 0 Å². The average Bonchev–Trinajstić information content (AvgIpc) is 3.18. The van der Waals surface area contributed by atoms with Gasteiger partial charge in [-0.25, -0.2) is 4.98 Å². The first kappa shape index (κ1) is 21.2. The van der Waals surface area contributed by atoms with Crippen LogP contribution in [0.3, 0.4) is 0 Å². The third kappa shape index (κ3) is 4.07. The zero-order valence-corrected chi connectivity index (χ0v) is 19.2. The predicted octanol–water partition coefficient (Wildman–Crippen LogP) is 2.54. The number of morpholine rings is 1. The fraction of sp³-hybridized carbons (Fsp3) is 0.520. The van der Waals surface area contributed by atoms with Crippen molar-refractivity contribution < 1.29 is 4.74 Å². The Morgan fingerprint density at radius 1 is 1.09 bits per heavy atom. The second kappa shape index (κ2) is 9.08. The highest BCUT2D eigenvalue weighted by Crippen LogP contribution is 2.35. The molecule has 0 spiro atoms. The molecule has 2 aliphatic rings. The van der Waals surface area contributed by atoms with E-state index in [4.69, 9.17) is 9.72 Å². The maximum absolute atomic E-state index is 12.2. The molecule has 1 fully saturated rings. The van der Waals surface area contributed by atoms with Gasteiger partial charge < -0.3 is 18.8 Å². The monoisotopic (exact) mass is 435 g/mol. The first-order valence-electron chi connectivity index (χ1n) is 11.8. The number of nitrogens with zero attached hydrogens (tertiary/aromatic N) is 5. The van der Waals surface area contributed by atoms with E-state index in [1.54, 1.807) is 16.7 Å². The molecule has 2 aliphatic heterocycles. The van der Waals surface area contributed by atoms with Gasteiger partial charge >= 0.3 is 0 Å². The lowest BCUT2D eigenvalue weighted by Gasteiger charge is -2.34. The number of rotatable bonds is 6. The fourth-order valence-electron chi connectivity index (χ4n) is 5.02. The van der Waals surface area contributed by atoms with E-state index in [0.29, 0.717) is 12.6 Å². The van der Waals surface area contributed by atoms with Crippen LogP contribution in [0.2, 0.25) is 0 Å². The second-order valence-corrected chi connectivity index (χ2v) is 9.05. The highest BCUT2D eigenvalue weighted by Gasteiger charge is 2.24. The third-order valence-electron chi connectivity index (χ3n) is 7.15. The summed E-state index contributed by atoms with van der Waals surface area (Å²) in [6.45, 7) is 8.41. The van der Waals surface area contributed by atoms with Gasteiger partial charge in [0.05, 0.1) is 24.2 Å². The summed E-state index contributed by atoms with van der Waals surface area (Å²) in [7, 11) is 2.19. The maximum atomic E-state index is 12.2. The number of aromatic nitrogens is 3. The van der Waals surface area contributed by atoms with Crippen LogP contribution >= 0.6 is 0 Å². The van der Waals surface area contributed by atoms with Crippen molar-refractivity contribution in [1.82, 2.24) is 19.0 Å². The lowest BCUT2D eigenvalue weighted by molar-refractivity contribution is 0.0364. The summed E-state index contributed by atoms with van der Waals surface area (Å²) in [6, 6.07) is 10.4. The molecule has 0 radical (unpaired) electrons. The zero-order valence-electron chi connectivity index (χ0n) is 19.2. The van der Waals surface area contributed by atoms with Gasteiger partial charge in [0.25, 0.3) is 5.56 Å². The number of ether oxygens (including phenoxy) is 1. The van der Waals surface area contributed by atoms with E-state index < -0.39 is 0 Å². The standard InChI is InChI=1S/C25H33N5O2/c1-19-6-7-20-21(27(19)2)8-9-22-25(20)26-23(10-12-29-11-4-3-5-24(29)31)30(22)14-13-28-15-17-32-18-16-28/h3-5,8-9,11,19H,6-7,10,12-18H2,1-2H3. The minimum Gasteiger partial charge on any atom is -0.379 e. The Labute approximate surface area is 189 Å². The molecule has 1 unspecified atom stereocenters. The van der Waals surface area contributed by atoms with Crippen LogP contribution < -0.4 is 10.5 Å². The van der Waals surface area contributed by atoms with Crippen LogP contribution in [0.15, 0.2) is 41.3 Å². The van der Waals surface area contributed by atoms with Crippen LogP contribution in [0.5, 0.6) is 0 Å². The molecule has 0 amide bonds. The summed E-state index contributed by atoms with van der Waals surface area (Å²) in [5.41, 5.74) is 5.07. The number of imidazole rings is 1. The highest BCUT2D eigenvalue weighted by atomic mass is 16.5. The van der Waals surface area contributed by atoms with E-state index in [-0.39, 0.29) is 5.56 Å². The topological polar surface area (TPSA) is 55.5 Å². The number of hydrogen-bond donors (Lipinski definition) is 0. The van der Waals surface area contributed by atoms with Crippen molar-refractivity contribution in [3.8, 4) is 0 Å². The van der Waals surface area contributed by atoms with Crippen molar-refractivity contribution in [1.29, 1.82) is 0 Å². The van der Waals surface area contributed by atoms with Gasteiger partial charge in [0.2, 0.25) is 0 Å². The molecule has 0 N–H and O–H groups in total. The largest absolute Gasteiger partial charge is 0.379 e. The van der Waals surface area contributed by atoms with Crippen LogP contribution in [-0.2, 0) is 30.7 Å². The molecule has 0 bridgehead atoms. The van der Waals surface area contributed by atoms with Crippen molar-refractivity contribution in [2.75, 3.05) is 44.8 Å². The first-order chi connectivity index (χ1) is 15.6. The molecular formula is C25H33N5O2. The number of aryl methyl sites for hydroxylation is 3. The summed E-state index contributed by atoms with van der Waals surface area (Å²) >= 11 is 0. The average molecular weight is 436 g/mol. The minimum absolute atomic E-state index is 0.0384. The number of benzene rings is 1. The summed E-state index contributed by atoms with van der Waals surface area (Å²) < 4.78 is 9.67. The van der Waals surface area contributed by atoms with E-state index >= 15 is 0 Å². The van der Waals surface area contributed by atoms with Gasteiger partial charge in [-0.05, 0) is 38.0 Å². The molecule has 170 valence electrons. The minimum atomic E-state index is 0.0384. The third-order valence-corrected chi connectivity index (χ3v) is 7.15. The molecule has 1 atom stereocenters. The SMILES string of the molecule is CC1CCc2c(ccc3c2nc(CCn2ccccc2=O)n3CCN2CCOCC2)N1C. The van der Waals surface area contributed by atoms with Crippen LogP contribution in [0.25, 0.3) is 11.0 Å². The summed E-state index contributed by atoms with van der Waals surface area (Å²) in [5.74, 6) is 1.07. The Hall–Kier alpha value is -2.64. The van der Waals surface area contributed by atoms with Crippen molar-refractivity contribution in [2.45, 2.75) is 45.3 Å². The van der Waals surface area contributed by atoms with Crippen LogP contribution in [0.4, 0.5) is 5.69 Å². The lowest BCUT2D eigenvalue weighted by Crippen LogP contribution is -2.38. The molecule has 32 heavy (non-hydrogen) atoms. The van der Waals surface area contributed by atoms with Crippen LogP contribution in [0.1, 0.15) is 24.7 Å². The molecule has 1 saturated heterocycles. The quantitative estimate of drug-likeness (QED) is 0.596. The van der Waals surface area contributed by atoms with Crippen molar-refractivity contribution in [2.24, 2.45) is 0 Å². The van der Waals surface area contributed by atoms with Gasteiger partial charge in [-0.1, -0.05) is 6.07 Å². The van der Waals surface area contributed by atoms with Crippen LogP contribution in [0, 0.1) is 0 Å². The molecule has 4 heterocycles. The molecule has 0 saturated carbocycles. The number of pyridine rings is 1. The Bertz CT molecular complexity index is 1140.